The van der Waals surface area contributed by atoms with Gasteiger partial charge in [-0.25, -0.2) is 4.39 Å². The van der Waals surface area contributed by atoms with Gasteiger partial charge in [-0.05, 0) is 47.5 Å². The summed E-state index contributed by atoms with van der Waals surface area (Å²) in [6, 6.07) is 9.13. The van der Waals surface area contributed by atoms with Gasteiger partial charge >= 0.3 is 12.4 Å². The van der Waals surface area contributed by atoms with Crippen molar-refractivity contribution in [1.82, 2.24) is 0 Å². The van der Waals surface area contributed by atoms with Gasteiger partial charge in [-0.3, -0.25) is 29.8 Å². The summed E-state index contributed by atoms with van der Waals surface area (Å²) in [5.41, 5.74) is -12.3. The molecule has 4 aromatic rings. The Morgan fingerprint density at radius 1 is 0.638 bits per heavy atom. The summed E-state index contributed by atoms with van der Waals surface area (Å²) >= 11 is 0. The largest absolute Gasteiger partial charge is 0.506 e. The maximum Gasteiger partial charge on any atom is 0.411 e. The van der Waals surface area contributed by atoms with Crippen molar-refractivity contribution in [3.8, 4) is 5.75 Å². The van der Waals surface area contributed by atoms with Gasteiger partial charge in [0.1, 0.15) is 11.6 Å². The molecule has 244 valence electrons. The zero-order chi connectivity index (χ0) is 34.9. The molecule has 4 rings (SSSR count). The van der Waals surface area contributed by atoms with Gasteiger partial charge in [0.25, 0.3) is 23.2 Å². The van der Waals surface area contributed by atoms with Crippen LogP contribution in [0.15, 0.2) is 84.9 Å². The molecule has 0 aliphatic heterocycles. The highest BCUT2D eigenvalue weighted by Crippen LogP contribution is 2.57. The molecule has 0 aliphatic rings. The predicted octanol–water partition coefficient (Wildman–Crippen LogP) is 7.26. The lowest BCUT2D eigenvalue weighted by Gasteiger charge is -2.38. The molecule has 0 aliphatic carbocycles. The van der Waals surface area contributed by atoms with Crippen LogP contribution in [0, 0.1) is 26.0 Å². The Morgan fingerprint density at radius 3 is 1.51 bits per heavy atom. The number of phenolic OH excluding ortho intramolecular Hbond substituents is 1. The number of nitro benzene ring substituents is 2. The zero-order valence-electron chi connectivity index (χ0n) is 23.0. The SMILES string of the molecule is O=C(Nc1cc(C(c2ccc(F)c(NC(=O)c3cccc([N+](=O)[O-])c3)c2)(C(F)(F)F)C(F)(F)F)ccc1O)c1cccc([N+](=O)[O-])c1. The Labute approximate surface area is 257 Å². The maximum atomic E-state index is 14.8. The molecular formula is C29H17F7N4O7. The summed E-state index contributed by atoms with van der Waals surface area (Å²) in [5, 5.41) is 36.0. The quantitative estimate of drug-likeness (QED) is 0.0771. The highest BCUT2D eigenvalue weighted by Gasteiger charge is 2.72. The number of nitrogens with one attached hydrogen (secondary N) is 2. The number of halogens is 7. The average molecular weight is 666 g/mol. The van der Waals surface area contributed by atoms with E-state index in [4.69, 9.17) is 0 Å². The molecule has 0 saturated heterocycles. The molecule has 2 amide bonds. The monoisotopic (exact) mass is 666 g/mol. The molecule has 11 nitrogen and oxygen atoms in total. The molecule has 0 fully saturated rings. The molecular weight excluding hydrogens is 649 g/mol. The van der Waals surface area contributed by atoms with Crippen LogP contribution >= 0.6 is 0 Å². The molecule has 47 heavy (non-hydrogen) atoms. The summed E-state index contributed by atoms with van der Waals surface area (Å²) < 4.78 is 104. The number of nitrogens with zero attached hydrogens (tertiary/aromatic N) is 2. The molecule has 0 unspecified atom stereocenters. The molecule has 0 bridgehead atoms. The van der Waals surface area contributed by atoms with Crippen molar-refractivity contribution in [3.63, 3.8) is 0 Å². The van der Waals surface area contributed by atoms with Gasteiger partial charge in [0.05, 0.1) is 21.2 Å². The van der Waals surface area contributed by atoms with Gasteiger partial charge in [-0.15, -0.1) is 0 Å². The number of rotatable bonds is 8. The van der Waals surface area contributed by atoms with Crippen molar-refractivity contribution >= 4 is 34.6 Å². The first-order chi connectivity index (χ1) is 21.9. The van der Waals surface area contributed by atoms with E-state index in [2.05, 4.69) is 0 Å². The summed E-state index contributed by atoms with van der Waals surface area (Å²) in [6.45, 7) is 0. The van der Waals surface area contributed by atoms with Gasteiger partial charge in [-0.1, -0.05) is 24.3 Å². The normalized spacial score (nSPS) is 11.9. The van der Waals surface area contributed by atoms with Crippen molar-refractivity contribution < 1.29 is 55.3 Å². The third-order valence-corrected chi connectivity index (χ3v) is 6.81. The second-order valence-electron chi connectivity index (χ2n) is 9.70. The lowest BCUT2D eigenvalue weighted by Crippen LogP contribution is -2.54. The molecule has 4 aromatic carbocycles. The van der Waals surface area contributed by atoms with Crippen LogP contribution in [0.3, 0.4) is 0 Å². The van der Waals surface area contributed by atoms with E-state index in [1.165, 1.54) is 0 Å². The van der Waals surface area contributed by atoms with E-state index in [-0.39, 0.29) is 30.3 Å². The topological polar surface area (TPSA) is 165 Å². The van der Waals surface area contributed by atoms with Crippen molar-refractivity contribution in [2.75, 3.05) is 10.6 Å². The van der Waals surface area contributed by atoms with Crippen LogP contribution in [-0.4, -0.2) is 39.1 Å². The number of phenols is 1. The van der Waals surface area contributed by atoms with Crippen LogP contribution in [0.4, 0.5) is 53.5 Å². The van der Waals surface area contributed by atoms with Crippen molar-refractivity contribution in [2.24, 2.45) is 0 Å². The minimum absolute atomic E-state index is 0.0831. The first-order valence-electron chi connectivity index (χ1n) is 12.8. The number of anilines is 2. The van der Waals surface area contributed by atoms with Crippen LogP contribution in [0.2, 0.25) is 0 Å². The summed E-state index contributed by atoms with van der Waals surface area (Å²) in [7, 11) is 0. The van der Waals surface area contributed by atoms with E-state index in [1.807, 2.05) is 10.6 Å². The first kappa shape index (κ1) is 33.8. The second kappa shape index (κ2) is 12.4. The smallest absolute Gasteiger partial charge is 0.411 e. The van der Waals surface area contributed by atoms with Crippen molar-refractivity contribution in [2.45, 2.75) is 17.8 Å². The third kappa shape index (κ3) is 6.51. The highest BCUT2D eigenvalue weighted by molar-refractivity contribution is 6.06. The fraction of sp³-hybridized carbons (Fsp3) is 0.103. The molecule has 3 N–H and O–H groups in total. The van der Waals surface area contributed by atoms with Crippen LogP contribution in [0.1, 0.15) is 31.8 Å². The molecule has 0 spiro atoms. The van der Waals surface area contributed by atoms with Gasteiger partial charge in [-0.2, -0.15) is 26.3 Å². The lowest BCUT2D eigenvalue weighted by atomic mass is 9.72. The predicted molar refractivity (Wildman–Crippen MR) is 149 cm³/mol. The van der Waals surface area contributed by atoms with Crippen LogP contribution < -0.4 is 10.6 Å². The number of non-ortho nitro benzene ring substituents is 2. The van der Waals surface area contributed by atoms with Gasteiger partial charge in [0, 0.05) is 35.4 Å². The van der Waals surface area contributed by atoms with Crippen LogP contribution in [-0.2, 0) is 5.41 Å². The number of carbonyl (C=O) groups excluding carboxylic acids is 2. The van der Waals surface area contributed by atoms with E-state index in [0.29, 0.717) is 6.07 Å². The molecule has 0 saturated carbocycles. The van der Waals surface area contributed by atoms with Crippen molar-refractivity contribution in [3.05, 3.63) is 133 Å². The first-order valence-corrected chi connectivity index (χ1v) is 12.8. The number of hydrogen-bond acceptors (Lipinski definition) is 7. The summed E-state index contributed by atoms with van der Waals surface area (Å²) in [5.74, 6) is -4.97. The van der Waals surface area contributed by atoms with Crippen LogP contribution in [0.5, 0.6) is 5.75 Å². The fourth-order valence-corrected chi connectivity index (χ4v) is 4.62. The average Bonchev–Trinajstić information content (AvgIpc) is 2.99. The summed E-state index contributed by atoms with van der Waals surface area (Å²) in [6.07, 6.45) is -12.5. The Bertz CT molecular complexity index is 1780. The number of aromatic hydroxyl groups is 1. The fourth-order valence-electron chi connectivity index (χ4n) is 4.62. The lowest BCUT2D eigenvalue weighted by molar-refractivity contribution is -0.385. The highest BCUT2D eigenvalue weighted by atomic mass is 19.4. The number of alkyl halides is 6. The number of hydrogen-bond donors (Lipinski definition) is 3. The number of carbonyl (C=O) groups is 2. The van der Waals surface area contributed by atoms with Crippen LogP contribution in [0.25, 0.3) is 0 Å². The number of nitro groups is 2. The number of benzene rings is 4. The Kier molecular flexibility index (Phi) is 8.90. The van der Waals surface area contributed by atoms with E-state index in [0.717, 1.165) is 48.5 Å². The molecule has 0 heterocycles. The van der Waals surface area contributed by atoms with E-state index < -0.39 is 96.0 Å². The maximum absolute atomic E-state index is 14.8. The van der Waals surface area contributed by atoms with Crippen molar-refractivity contribution in [1.29, 1.82) is 0 Å². The van der Waals surface area contributed by atoms with Gasteiger partial charge in [0.15, 0.2) is 0 Å². The summed E-state index contributed by atoms with van der Waals surface area (Å²) in [4.78, 5) is 45.7. The molecule has 0 radical (unpaired) electrons. The minimum Gasteiger partial charge on any atom is -0.506 e. The zero-order valence-corrected chi connectivity index (χ0v) is 23.0. The van der Waals surface area contributed by atoms with E-state index in [9.17, 15) is 65.7 Å². The van der Waals surface area contributed by atoms with Gasteiger partial charge in [0.2, 0.25) is 5.41 Å². The number of amides is 2. The Hall–Kier alpha value is -6.07. The standard InChI is InChI=1S/C29H17F7N4O7/c30-21-9-7-17(13-22(21)37-25(42)15-3-1-5-19(11-15)39(44)45)27(28(31,32)33,29(34,35)36)18-8-10-24(41)23(14-18)38-26(43)16-4-2-6-20(12-16)40(46)47/h1-14,41H,(H,37,42)(H,38,43). The third-order valence-electron chi connectivity index (χ3n) is 6.81. The van der Waals surface area contributed by atoms with E-state index >= 15 is 0 Å². The molecule has 18 heteroatoms. The minimum atomic E-state index is -6.23. The Balaban J connectivity index is 1.84. The Morgan fingerprint density at radius 2 is 1.06 bits per heavy atom. The van der Waals surface area contributed by atoms with E-state index in [1.54, 1.807) is 0 Å². The second-order valence-corrected chi connectivity index (χ2v) is 9.70. The van der Waals surface area contributed by atoms with Gasteiger partial charge < -0.3 is 15.7 Å². The molecule has 0 atom stereocenters. The molecule has 0 aromatic heterocycles.